The molecule has 0 saturated heterocycles. The Labute approximate surface area is 141 Å². The monoisotopic (exact) mass is 330 g/mol. The molecule has 7 nitrogen and oxygen atoms in total. The summed E-state index contributed by atoms with van der Waals surface area (Å²) in [4.78, 5) is 25.9. The van der Waals surface area contributed by atoms with Crippen molar-refractivity contribution in [3.63, 3.8) is 0 Å². The Bertz CT molecular complexity index is 629. The smallest absolute Gasteiger partial charge is 0.318 e. The fourth-order valence-electron chi connectivity index (χ4n) is 2.12. The molecule has 0 aliphatic carbocycles. The van der Waals surface area contributed by atoms with Crippen molar-refractivity contribution >= 4 is 17.8 Å². The molecule has 0 fully saturated rings. The van der Waals surface area contributed by atoms with Crippen LogP contribution in [-0.4, -0.2) is 35.1 Å². The Morgan fingerprint density at radius 3 is 2.67 bits per heavy atom. The second-order valence-corrected chi connectivity index (χ2v) is 5.35. The predicted molar refractivity (Wildman–Crippen MR) is 90.3 cm³/mol. The molecule has 1 heterocycles. The maximum Gasteiger partial charge on any atom is 0.318 e. The zero-order chi connectivity index (χ0) is 17.2. The molecule has 3 amide bonds. The van der Waals surface area contributed by atoms with Crippen LogP contribution >= 0.6 is 0 Å². The van der Waals surface area contributed by atoms with Crippen LogP contribution in [0.2, 0.25) is 0 Å². The van der Waals surface area contributed by atoms with Gasteiger partial charge >= 0.3 is 6.03 Å². The third-order valence-corrected chi connectivity index (χ3v) is 3.40. The van der Waals surface area contributed by atoms with Gasteiger partial charge in [-0.15, -0.1) is 0 Å². The van der Waals surface area contributed by atoms with Crippen LogP contribution < -0.4 is 10.6 Å². The summed E-state index contributed by atoms with van der Waals surface area (Å²) >= 11 is 0. The number of carbonyl (C=O) groups is 2. The summed E-state index contributed by atoms with van der Waals surface area (Å²) in [5, 5.41) is 9.06. The van der Waals surface area contributed by atoms with Gasteiger partial charge in [-0.2, -0.15) is 0 Å². The van der Waals surface area contributed by atoms with Gasteiger partial charge in [-0.1, -0.05) is 48.8 Å². The largest absolute Gasteiger partial charge is 0.363 e. The van der Waals surface area contributed by atoms with Crippen LogP contribution in [0, 0.1) is 0 Å². The van der Waals surface area contributed by atoms with E-state index in [0.717, 1.165) is 18.4 Å². The Morgan fingerprint density at radius 2 is 2.00 bits per heavy atom. The molecule has 2 rings (SSSR count). The topological polar surface area (TPSA) is 87.5 Å². The average Bonchev–Trinajstić information content (AvgIpc) is 3.10. The van der Waals surface area contributed by atoms with E-state index in [4.69, 9.17) is 0 Å². The Kier molecular flexibility index (Phi) is 6.82. The molecule has 1 aromatic heterocycles. The number of aromatic nitrogens is 1. The zero-order valence-electron chi connectivity index (χ0n) is 13.7. The minimum atomic E-state index is -0.310. The number of amides is 3. The zero-order valence-corrected chi connectivity index (χ0v) is 13.7. The molecule has 0 spiro atoms. The third-order valence-electron chi connectivity index (χ3n) is 3.40. The summed E-state index contributed by atoms with van der Waals surface area (Å²) in [7, 11) is 0. The first-order chi connectivity index (χ1) is 11.7. The van der Waals surface area contributed by atoms with E-state index < -0.39 is 0 Å². The Balaban J connectivity index is 1.88. The summed E-state index contributed by atoms with van der Waals surface area (Å²) in [6.45, 7) is 2.94. The van der Waals surface area contributed by atoms with Crippen molar-refractivity contribution in [2.45, 2.75) is 26.3 Å². The van der Waals surface area contributed by atoms with E-state index in [1.165, 1.54) is 11.2 Å². The van der Waals surface area contributed by atoms with Gasteiger partial charge in [0.05, 0.1) is 0 Å². The molecule has 0 bridgehead atoms. The molecular weight excluding hydrogens is 308 g/mol. The van der Waals surface area contributed by atoms with Crippen molar-refractivity contribution in [3.05, 3.63) is 48.2 Å². The summed E-state index contributed by atoms with van der Waals surface area (Å²) in [6.07, 6.45) is 3.14. The summed E-state index contributed by atoms with van der Waals surface area (Å²) < 4.78 is 4.66. The maximum atomic E-state index is 12.4. The van der Waals surface area contributed by atoms with Crippen LogP contribution in [0.4, 0.5) is 10.6 Å². The Hall–Kier alpha value is -2.83. The normalized spacial score (nSPS) is 10.2. The lowest BCUT2D eigenvalue weighted by molar-refractivity contribution is -0.116. The van der Waals surface area contributed by atoms with Crippen LogP contribution in [0.25, 0.3) is 0 Å². The number of hydrogen-bond donors (Lipinski definition) is 2. The predicted octanol–water partition coefficient (Wildman–Crippen LogP) is 2.63. The number of rotatable bonds is 8. The van der Waals surface area contributed by atoms with Crippen LogP contribution in [0.5, 0.6) is 0 Å². The van der Waals surface area contributed by atoms with E-state index in [2.05, 4.69) is 20.3 Å². The van der Waals surface area contributed by atoms with Gasteiger partial charge in [-0.05, 0) is 12.0 Å². The van der Waals surface area contributed by atoms with Crippen LogP contribution in [0.3, 0.4) is 0 Å². The van der Waals surface area contributed by atoms with Crippen molar-refractivity contribution < 1.29 is 14.1 Å². The van der Waals surface area contributed by atoms with E-state index in [1.54, 1.807) is 6.07 Å². The van der Waals surface area contributed by atoms with Gasteiger partial charge in [0.1, 0.15) is 12.8 Å². The van der Waals surface area contributed by atoms with Gasteiger partial charge < -0.3 is 20.1 Å². The number of anilines is 1. The molecule has 2 aromatic rings. The highest BCUT2D eigenvalue weighted by Crippen LogP contribution is 2.03. The van der Waals surface area contributed by atoms with Gasteiger partial charge in [-0.25, -0.2) is 4.79 Å². The molecule has 0 radical (unpaired) electrons. The second kappa shape index (κ2) is 9.34. The molecule has 0 saturated carbocycles. The van der Waals surface area contributed by atoms with Crippen molar-refractivity contribution in [2.24, 2.45) is 0 Å². The fraction of sp³-hybridized carbons (Fsp3) is 0.353. The second-order valence-electron chi connectivity index (χ2n) is 5.35. The lowest BCUT2D eigenvalue weighted by Gasteiger charge is -2.22. The van der Waals surface area contributed by atoms with E-state index in [0.29, 0.717) is 18.9 Å². The van der Waals surface area contributed by atoms with Crippen molar-refractivity contribution in [1.82, 2.24) is 15.4 Å². The highest BCUT2D eigenvalue weighted by Gasteiger charge is 2.17. The maximum absolute atomic E-state index is 12.4. The minimum absolute atomic E-state index is 0.0342. The first kappa shape index (κ1) is 17.5. The highest BCUT2D eigenvalue weighted by atomic mass is 16.5. The van der Waals surface area contributed by atoms with Gasteiger partial charge in [0.25, 0.3) is 0 Å². The number of benzene rings is 1. The highest BCUT2D eigenvalue weighted by molar-refractivity contribution is 5.93. The van der Waals surface area contributed by atoms with E-state index in [-0.39, 0.29) is 18.5 Å². The van der Waals surface area contributed by atoms with E-state index >= 15 is 0 Å². The quantitative estimate of drug-likeness (QED) is 0.779. The average molecular weight is 330 g/mol. The molecule has 0 unspecified atom stereocenters. The van der Waals surface area contributed by atoms with Gasteiger partial charge in [0.15, 0.2) is 5.82 Å². The minimum Gasteiger partial charge on any atom is -0.363 e. The molecule has 128 valence electrons. The first-order valence-corrected chi connectivity index (χ1v) is 7.96. The number of nitrogens with one attached hydrogen (secondary N) is 2. The molecule has 0 aliphatic heterocycles. The van der Waals surface area contributed by atoms with Crippen LogP contribution in [0.15, 0.2) is 47.2 Å². The van der Waals surface area contributed by atoms with E-state index in [1.807, 2.05) is 37.3 Å². The SMILES string of the molecule is CCCCN(CC(=O)Nc1ccon1)C(=O)NCc1ccccc1. The summed E-state index contributed by atoms with van der Waals surface area (Å²) in [5.41, 5.74) is 1.01. The van der Waals surface area contributed by atoms with Crippen LogP contribution in [-0.2, 0) is 11.3 Å². The van der Waals surface area contributed by atoms with Gasteiger partial charge in [0.2, 0.25) is 5.91 Å². The molecule has 7 heteroatoms. The number of nitrogens with zero attached hydrogens (tertiary/aromatic N) is 2. The molecule has 24 heavy (non-hydrogen) atoms. The number of carbonyl (C=O) groups excluding carboxylic acids is 2. The van der Waals surface area contributed by atoms with Gasteiger partial charge in [-0.3, -0.25) is 4.79 Å². The lowest BCUT2D eigenvalue weighted by Crippen LogP contribution is -2.44. The standard InChI is InChI=1S/C17H22N4O3/c1-2-3-10-21(13-16(22)19-15-9-11-24-20-15)17(23)18-12-14-7-5-4-6-8-14/h4-9,11H,2-3,10,12-13H2,1H3,(H,18,23)(H,19,20,22). The molecule has 1 aromatic carbocycles. The lowest BCUT2D eigenvalue weighted by atomic mass is 10.2. The molecule has 2 N–H and O–H groups in total. The summed E-state index contributed by atoms with van der Waals surface area (Å²) in [5.74, 6) is 0.0231. The van der Waals surface area contributed by atoms with Crippen molar-refractivity contribution in [1.29, 1.82) is 0 Å². The Morgan fingerprint density at radius 1 is 1.21 bits per heavy atom. The molecule has 0 atom stereocenters. The number of urea groups is 1. The van der Waals surface area contributed by atoms with Crippen molar-refractivity contribution in [2.75, 3.05) is 18.4 Å². The fourth-order valence-corrected chi connectivity index (χ4v) is 2.12. The number of hydrogen-bond acceptors (Lipinski definition) is 4. The first-order valence-electron chi connectivity index (χ1n) is 7.96. The molecule has 0 aliphatic rings. The van der Waals surface area contributed by atoms with Crippen LogP contribution in [0.1, 0.15) is 25.3 Å². The van der Waals surface area contributed by atoms with Gasteiger partial charge in [0, 0.05) is 19.2 Å². The third kappa shape index (κ3) is 5.75. The molecular formula is C17H22N4O3. The van der Waals surface area contributed by atoms with Crippen molar-refractivity contribution in [3.8, 4) is 0 Å². The summed E-state index contributed by atoms with van der Waals surface area (Å²) in [6, 6.07) is 10.9. The van der Waals surface area contributed by atoms with E-state index in [9.17, 15) is 9.59 Å². The number of unbranched alkanes of at least 4 members (excludes halogenated alkanes) is 1.